The van der Waals surface area contributed by atoms with Gasteiger partial charge in [-0.1, -0.05) is 43.6 Å². The van der Waals surface area contributed by atoms with Crippen LogP contribution in [-0.2, 0) is 10.0 Å². The van der Waals surface area contributed by atoms with Crippen molar-refractivity contribution in [1.29, 1.82) is 0 Å². The number of hydrogen-bond acceptors (Lipinski definition) is 3. The fraction of sp³-hybridized carbons (Fsp3) is 0.278. The zero-order valence-electron chi connectivity index (χ0n) is 14.6. The van der Waals surface area contributed by atoms with Crippen LogP contribution in [0.15, 0.2) is 36.4 Å². The number of benzene rings is 2. The summed E-state index contributed by atoms with van der Waals surface area (Å²) in [5.41, 5.74) is 3.20. The first-order valence-electron chi connectivity index (χ1n) is 7.76. The van der Waals surface area contributed by atoms with Gasteiger partial charge >= 0.3 is 0 Å². The predicted octanol–water partition coefficient (Wildman–Crippen LogP) is 4.40. The molecule has 0 unspecified atom stereocenters. The molecule has 7 heteroatoms. The Morgan fingerprint density at radius 2 is 1.84 bits per heavy atom. The third-order valence-corrected chi connectivity index (χ3v) is 4.62. The second-order valence-electron chi connectivity index (χ2n) is 6.22. The maximum absolute atomic E-state index is 12.7. The van der Waals surface area contributed by atoms with Crippen molar-refractivity contribution in [2.75, 3.05) is 16.3 Å². The van der Waals surface area contributed by atoms with E-state index in [0.29, 0.717) is 0 Å². The number of para-hydroxylation sites is 1. The predicted molar refractivity (Wildman–Crippen MR) is 103 cm³/mol. The van der Waals surface area contributed by atoms with Crippen molar-refractivity contribution in [2.45, 2.75) is 26.7 Å². The third kappa shape index (κ3) is 4.96. The van der Waals surface area contributed by atoms with Crippen LogP contribution in [0.5, 0.6) is 0 Å². The minimum absolute atomic E-state index is 0.202. The molecule has 0 radical (unpaired) electrons. The minimum Gasteiger partial charge on any atom is -0.321 e. The Morgan fingerprint density at radius 3 is 2.44 bits per heavy atom. The molecule has 2 N–H and O–H groups in total. The van der Waals surface area contributed by atoms with Gasteiger partial charge in [-0.3, -0.25) is 9.52 Å². The van der Waals surface area contributed by atoms with Gasteiger partial charge in [0.25, 0.3) is 5.91 Å². The minimum atomic E-state index is -3.44. The molecule has 0 bridgehead atoms. The van der Waals surface area contributed by atoms with Gasteiger partial charge in [-0.05, 0) is 42.2 Å². The van der Waals surface area contributed by atoms with E-state index in [2.05, 4.69) is 10.0 Å². The lowest BCUT2D eigenvalue weighted by atomic mass is 9.98. The summed E-state index contributed by atoms with van der Waals surface area (Å²) in [5, 5.41) is 3.15. The van der Waals surface area contributed by atoms with Gasteiger partial charge in [-0.25, -0.2) is 8.42 Å². The van der Waals surface area contributed by atoms with Crippen LogP contribution >= 0.6 is 11.6 Å². The van der Waals surface area contributed by atoms with Crippen LogP contribution in [0, 0.1) is 6.92 Å². The van der Waals surface area contributed by atoms with Crippen molar-refractivity contribution in [3.8, 4) is 0 Å². The number of hydrogen-bond donors (Lipinski definition) is 2. The van der Waals surface area contributed by atoms with Crippen LogP contribution in [0.2, 0.25) is 5.02 Å². The Labute approximate surface area is 153 Å². The number of sulfonamides is 1. The fourth-order valence-corrected chi connectivity index (χ4v) is 3.26. The molecular weight excluding hydrogens is 360 g/mol. The average molecular weight is 381 g/mol. The highest BCUT2D eigenvalue weighted by Gasteiger charge is 2.16. The SMILES string of the molecule is Cc1cccc(C(C)C)c1NC(=O)c1cc(NS(C)(=O)=O)ccc1Cl. The monoisotopic (exact) mass is 380 g/mol. The topological polar surface area (TPSA) is 75.3 Å². The molecule has 0 saturated heterocycles. The second-order valence-corrected chi connectivity index (χ2v) is 8.37. The first-order chi connectivity index (χ1) is 11.6. The number of rotatable bonds is 5. The van der Waals surface area contributed by atoms with Crippen molar-refractivity contribution in [3.05, 3.63) is 58.1 Å². The van der Waals surface area contributed by atoms with Gasteiger partial charge in [-0.15, -0.1) is 0 Å². The van der Waals surface area contributed by atoms with Gasteiger partial charge in [0.05, 0.1) is 16.8 Å². The van der Waals surface area contributed by atoms with Crippen LogP contribution in [0.4, 0.5) is 11.4 Å². The van der Waals surface area contributed by atoms with Gasteiger partial charge in [0, 0.05) is 11.4 Å². The van der Waals surface area contributed by atoms with Crippen LogP contribution < -0.4 is 10.0 Å². The smallest absolute Gasteiger partial charge is 0.257 e. The molecule has 0 aliphatic heterocycles. The average Bonchev–Trinajstić information content (AvgIpc) is 2.49. The van der Waals surface area contributed by atoms with E-state index in [1.54, 1.807) is 0 Å². The normalized spacial score (nSPS) is 11.4. The number of halogens is 1. The molecule has 0 aromatic heterocycles. The van der Waals surface area contributed by atoms with E-state index in [4.69, 9.17) is 11.6 Å². The van der Waals surface area contributed by atoms with E-state index in [9.17, 15) is 13.2 Å². The molecule has 0 atom stereocenters. The highest BCUT2D eigenvalue weighted by Crippen LogP contribution is 2.29. The summed E-state index contributed by atoms with van der Waals surface area (Å²) in [5.74, 6) is -0.151. The first kappa shape index (κ1) is 19.3. The zero-order valence-corrected chi connectivity index (χ0v) is 16.1. The standard InChI is InChI=1S/C18H21ClN2O3S/c1-11(2)14-7-5-6-12(3)17(14)20-18(22)15-10-13(8-9-16(15)19)21-25(4,23)24/h5-11,21H,1-4H3,(H,20,22). The molecule has 25 heavy (non-hydrogen) atoms. The zero-order chi connectivity index (χ0) is 18.8. The number of carbonyl (C=O) groups is 1. The molecule has 2 aromatic carbocycles. The molecule has 2 rings (SSSR count). The number of carbonyl (C=O) groups excluding carboxylic acids is 1. The van der Waals surface area contributed by atoms with Crippen LogP contribution in [-0.4, -0.2) is 20.6 Å². The van der Waals surface area contributed by atoms with Crippen LogP contribution in [0.25, 0.3) is 0 Å². The van der Waals surface area contributed by atoms with Crippen molar-refractivity contribution in [2.24, 2.45) is 0 Å². The molecule has 134 valence electrons. The Hall–Kier alpha value is -2.05. The maximum atomic E-state index is 12.7. The van der Waals surface area contributed by atoms with Gasteiger partial charge < -0.3 is 5.32 Å². The lowest BCUT2D eigenvalue weighted by Crippen LogP contribution is -2.16. The molecule has 0 spiro atoms. The molecule has 0 saturated carbocycles. The first-order valence-corrected chi connectivity index (χ1v) is 10.0. The molecule has 0 fully saturated rings. The van der Waals surface area contributed by atoms with Crippen LogP contribution in [0.1, 0.15) is 41.3 Å². The third-order valence-electron chi connectivity index (χ3n) is 3.68. The van der Waals surface area contributed by atoms with E-state index in [0.717, 1.165) is 23.1 Å². The van der Waals surface area contributed by atoms with E-state index in [1.165, 1.54) is 18.2 Å². The Balaban J connectivity index is 2.38. The van der Waals surface area contributed by atoms with Crippen molar-refractivity contribution in [3.63, 3.8) is 0 Å². The Bertz CT molecular complexity index is 909. The number of nitrogens with one attached hydrogen (secondary N) is 2. The molecule has 0 aliphatic rings. The number of amides is 1. The summed E-state index contributed by atoms with van der Waals surface area (Å²) in [6.45, 7) is 6.02. The summed E-state index contributed by atoms with van der Waals surface area (Å²) in [6.07, 6.45) is 1.05. The summed E-state index contributed by atoms with van der Waals surface area (Å²) in [6, 6.07) is 10.3. The molecule has 1 amide bonds. The molecular formula is C18H21ClN2O3S. The molecule has 2 aromatic rings. The summed E-state index contributed by atoms with van der Waals surface area (Å²) in [7, 11) is -3.44. The largest absolute Gasteiger partial charge is 0.321 e. The van der Waals surface area contributed by atoms with Crippen LogP contribution in [0.3, 0.4) is 0 Å². The van der Waals surface area contributed by atoms with Gasteiger partial charge in [0.2, 0.25) is 10.0 Å². The lowest BCUT2D eigenvalue weighted by molar-refractivity contribution is 0.102. The van der Waals surface area contributed by atoms with Crippen molar-refractivity contribution >= 4 is 38.9 Å². The van der Waals surface area contributed by atoms with E-state index in [1.807, 2.05) is 39.0 Å². The highest BCUT2D eigenvalue weighted by atomic mass is 35.5. The summed E-state index contributed by atoms with van der Waals surface area (Å²) >= 11 is 6.13. The van der Waals surface area contributed by atoms with Crippen molar-refractivity contribution in [1.82, 2.24) is 0 Å². The quantitative estimate of drug-likeness (QED) is 0.807. The lowest BCUT2D eigenvalue weighted by Gasteiger charge is -2.17. The second kappa shape index (κ2) is 7.45. The van der Waals surface area contributed by atoms with Gasteiger partial charge in [0.1, 0.15) is 0 Å². The van der Waals surface area contributed by atoms with E-state index < -0.39 is 15.9 Å². The van der Waals surface area contributed by atoms with Crippen molar-refractivity contribution < 1.29 is 13.2 Å². The van der Waals surface area contributed by atoms with E-state index in [-0.39, 0.29) is 22.2 Å². The summed E-state index contributed by atoms with van der Waals surface area (Å²) < 4.78 is 25.1. The number of aryl methyl sites for hydroxylation is 1. The Morgan fingerprint density at radius 1 is 1.16 bits per heavy atom. The van der Waals surface area contributed by atoms with E-state index >= 15 is 0 Å². The van der Waals surface area contributed by atoms with Gasteiger partial charge in [0.15, 0.2) is 0 Å². The maximum Gasteiger partial charge on any atom is 0.257 e. The number of anilines is 2. The van der Waals surface area contributed by atoms with Gasteiger partial charge in [-0.2, -0.15) is 0 Å². The molecule has 0 aliphatic carbocycles. The Kier molecular flexibility index (Phi) is 5.75. The molecule has 5 nitrogen and oxygen atoms in total. The highest BCUT2D eigenvalue weighted by molar-refractivity contribution is 7.92. The molecule has 0 heterocycles. The summed E-state index contributed by atoms with van der Waals surface area (Å²) in [4.78, 5) is 12.7. The fourth-order valence-electron chi connectivity index (χ4n) is 2.50.